The number of ether oxygens (including phenoxy) is 2. The molecule has 1 aromatic rings. The van der Waals surface area contributed by atoms with Gasteiger partial charge >= 0.3 is 0 Å². The monoisotopic (exact) mass is 268 g/mol. The minimum Gasteiger partial charge on any atom is -0.504 e. The molecule has 0 heterocycles. The van der Waals surface area contributed by atoms with Crippen LogP contribution in [0.15, 0.2) is 12.1 Å². The van der Waals surface area contributed by atoms with Crippen LogP contribution in [0.25, 0.3) is 0 Å². The highest BCUT2D eigenvalue weighted by Gasteiger charge is 2.20. The van der Waals surface area contributed by atoms with Crippen LogP contribution in [0.3, 0.4) is 0 Å². The first kappa shape index (κ1) is 15.3. The van der Waals surface area contributed by atoms with Gasteiger partial charge in [0.05, 0.1) is 18.8 Å². The molecular weight excluding hydrogens is 248 g/mol. The molecule has 0 bridgehead atoms. The van der Waals surface area contributed by atoms with Gasteiger partial charge in [0.25, 0.3) is 0 Å². The van der Waals surface area contributed by atoms with Gasteiger partial charge in [0.2, 0.25) is 5.75 Å². The lowest BCUT2D eigenvalue weighted by molar-refractivity contribution is 0.0967. The molecule has 1 aromatic carbocycles. The zero-order valence-corrected chi connectivity index (χ0v) is 11.5. The predicted molar refractivity (Wildman–Crippen MR) is 71.1 cm³/mol. The molecule has 0 aliphatic heterocycles. The number of rotatable bonds is 7. The molecular formula is C14H20O5. The Morgan fingerprint density at radius 2 is 2.05 bits per heavy atom. The molecule has 2 N–H and O–H groups in total. The van der Waals surface area contributed by atoms with Crippen molar-refractivity contribution in [1.29, 1.82) is 0 Å². The van der Waals surface area contributed by atoms with Crippen molar-refractivity contribution in [3.8, 4) is 17.2 Å². The summed E-state index contributed by atoms with van der Waals surface area (Å²) in [7, 11) is 1.47. The van der Waals surface area contributed by atoms with E-state index in [2.05, 4.69) is 0 Å². The summed E-state index contributed by atoms with van der Waals surface area (Å²) in [4.78, 5) is 11.9. The van der Waals surface area contributed by atoms with Gasteiger partial charge in [-0.1, -0.05) is 0 Å². The average Bonchev–Trinajstić information content (AvgIpc) is 2.37. The zero-order valence-electron chi connectivity index (χ0n) is 11.5. The summed E-state index contributed by atoms with van der Waals surface area (Å²) in [5.74, 6) is 0.107. The Bertz CT molecular complexity index is 440. The lowest BCUT2D eigenvalue weighted by Gasteiger charge is -2.16. The largest absolute Gasteiger partial charge is 0.504 e. The fourth-order valence-electron chi connectivity index (χ4n) is 1.66. The third kappa shape index (κ3) is 3.86. The van der Waals surface area contributed by atoms with Crippen molar-refractivity contribution in [2.24, 2.45) is 0 Å². The van der Waals surface area contributed by atoms with E-state index in [1.165, 1.54) is 13.2 Å². The van der Waals surface area contributed by atoms with E-state index >= 15 is 0 Å². The number of carbonyl (C=O) groups excluding carboxylic acids is 1. The van der Waals surface area contributed by atoms with Crippen molar-refractivity contribution in [3.05, 3.63) is 17.7 Å². The molecule has 0 fully saturated rings. The number of methoxy groups -OCH3 is 1. The Balaban J connectivity index is 3.11. The zero-order chi connectivity index (χ0) is 14.4. The first-order chi connectivity index (χ1) is 9.01. The lowest BCUT2D eigenvalue weighted by atomic mass is 10.0. The van der Waals surface area contributed by atoms with Crippen LogP contribution in [0.2, 0.25) is 0 Å². The van der Waals surface area contributed by atoms with Crippen LogP contribution in [-0.2, 0) is 0 Å². The van der Waals surface area contributed by atoms with E-state index in [-0.39, 0.29) is 42.0 Å². The van der Waals surface area contributed by atoms with E-state index in [1.807, 2.05) is 13.8 Å². The number of hydrogen-bond acceptors (Lipinski definition) is 5. The maximum atomic E-state index is 11.9. The number of aliphatic hydroxyl groups excluding tert-OH is 1. The second-order valence-corrected chi connectivity index (χ2v) is 4.41. The van der Waals surface area contributed by atoms with Crippen molar-refractivity contribution >= 4 is 5.78 Å². The first-order valence-corrected chi connectivity index (χ1v) is 6.22. The number of phenolic OH excluding ortho intramolecular Hbond substituents is 1. The van der Waals surface area contributed by atoms with Crippen molar-refractivity contribution in [2.45, 2.75) is 32.8 Å². The standard InChI is InChI=1S/C14H20O5/c1-9(2)19-14-12(18-3)7-6-10(13(14)17)11(16)5-4-8-15/h6-7,9,15,17H,4-5,8H2,1-3H3. The lowest BCUT2D eigenvalue weighted by Crippen LogP contribution is -2.09. The summed E-state index contributed by atoms with van der Waals surface area (Å²) in [6.07, 6.45) is 0.393. The highest BCUT2D eigenvalue weighted by Crippen LogP contribution is 2.40. The summed E-state index contributed by atoms with van der Waals surface area (Å²) in [6, 6.07) is 3.09. The summed E-state index contributed by atoms with van der Waals surface area (Å²) >= 11 is 0. The molecule has 0 atom stereocenters. The molecule has 0 aliphatic rings. The molecule has 0 aromatic heterocycles. The molecule has 5 heteroatoms. The van der Waals surface area contributed by atoms with Crippen LogP contribution in [0.5, 0.6) is 17.2 Å². The molecule has 0 saturated heterocycles. The number of phenols is 1. The summed E-state index contributed by atoms with van der Waals surface area (Å²) in [6.45, 7) is 3.58. The molecule has 0 aliphatic carbocycles. The molecule has 0 radical (unpaired) electrons. The van der Waals surface area contributed by atoms with Gasteiger partial charge in [-0.05, 0) is 32.4 Å². The van der Waals surface area contributed by atoms with Crippen LogP contribution in [0.1, 0.15) is 37.0 Å². The number of carbonyl (C=O) groups is 1. The van der Waals surface area contributed by atoms with Crippen molar-refractivity contribution in [2.75, 3.05) is 13.7 Å². The molecule has 106 valence electrons. The normalized spacial score (nSPS) is 10.6. The van der Waals surface area contributed by atoms with Crippen LogP contribution in [0, 0.1) is 0 Å². The maximum Gasteiger partial charge on any atom is 0.204 e. The fourth-order valence-corrected chi connectivity index (χ4v) is 1.66. The van der Waals surface area contributed by atoms with Crippen LogP contribution in [0.4, 0.5) is 0 Å². The average molecular weight is 268 g/mol. The van der Waals surface area contributed by atoms with Gasteiger partial charge in [-0.2, -0.15) is 0 Å². The number of benzene rings is 1. The first-order valence-electron chi connectivity index (χ1n) is 6.22. The Morgan fingerprint density at radius 3 is 2.58 bits per heavy atom. The van der Waals surface area contributed by atoms with Gasteiger partial charge < -0.3 is 19.7 Å². The summed E-state index contributed by atoms with van der Waals surface area (Å²) in [5.41, 5.74) is 0.185. The third-order valence-corrected chi connectivity index (χ3v) is 2.53. The van der Waals surface area contributed by atoms with E-state index < -0.39 is 0 Å². The van der Waals surface area contributed by atoms with Crippen LogP contribution >= 0.6 is 0 Å². The second kappa shape index (κ2) is 6.99. The SMILES string of the molecule is COc1ccc(C(=O)CCCO)c(O)c1OC(C)C. The minimum absolute atomic E-state index is 0.0575. The Kier molecular flexibility index (Phi) is 5.63. The van der Waals surface area contributed by atoms with E-state index in [0.29, 0.717) is 12.2 Å². The molecule has 0 spiro atoms. The van der Waals surface area contributed by atoms with Gasteiger partial charge in [0, 0.05) is 13.0 Å². The van der Waals surface area contributed by atoms with Crippen molar-refractivity contribution in [1.82, 2.24) is 0 Å². The summed E-state index contributed by atoms with van der Waals surface area (Å²) in [5, 5.41) is 18.9. The van der Waals surface area contributed by atoms with E-state index in [9.17, 15) is 9.90 Å². The fraction of sp³-hybridized carbons (Fsp3) is 0.500. The third-order valence-electron chi connectivity index (χ3n) is 2.53. The van der Waals surface area contributed by atoms with E-state index in [1.54, 1.807) is 6.07 Å². The number of Topliss-reactive ketones (excluding diaryl/α,β-unsaturated/α-hetero) is 1. The highest BCUT2D eigenvalue weighted by atomic mass is 16.5. The van der Waals surface area contributed by atoms with Gasteiger partial charge in [-0.25, -0.2) is 0 Å². The van der Waals surface area contributed by atoms with Crippen molar-refractivity contribution in [3.63, 3.8) is 0 Å². The smallest absolute Gasteiger partial charge is 0.204 e. The van der Waals surface area contributed by atoms with Gasteiger partial charge in [0.1, 0.15) is 0 Å². The van der Waals surface area contributed by atoms with E-state index in [0.717, 1.165) is 0 Å². The van der Waals surface area contributed by atoms with Gasteiger partial charge in [-0.3, -0.25) is 4.79 Å². The van der Waals surface area contributed by atoms with Crippen molar-refractivity contribution < 1.29 is 24.5 Å². The molecule has 19 heavy (non-hydrogen) atoms. The number of aromatic hydroxyl groups is 1. The predicted octanol–water partition coefficient (Wildman–Crippen LogP) is 2.14. The highest BCUT2D eigenvalue weighted by molar-refractivity contribution is 5.99. The van der Waals surface area contributed by atoms with E-state index in [4.69, 9.17) is 14.6 Å². The minimum atomic E-state index is -0.234. The van der Waals surface area contributed by atoms with Gasteiger partial charge in [0.15, 0.2) is 17.3 Å². The topological polar surface area (TPSA) is 76.0 Å². The molecule has 1 rings (SSSR count). The molecule has 0 amide bonds. The number of aliphatic hydroxyl groups is 1. The summed E-state index contributed by atoms with van der Waals surface area (Å²) < 4.78 is 10.6. The second-order valence-electron chi connectivity index (χ2n) is 4.41. The Morgan fingerprint density at radius 1 is 1.37 bits per heavy atom. The number of ketones is 1. The maximum absolute atomic E-state index is 11.9. The molecule has 5 nitrogen and oxygen atoms in total. The van der Waals surface area contributed by atoms with Gasteiger partial charge in [-0.15, -0.1) is 0 Å². The van der Waals surface area contributed by atoms with Crippen LogP contribution in [-0.4, -0.2) is 35.8 Å². The number of hydrogen-bond donors (Lipinski definition) is 2. The molecule has 0 saturated carbocycles. The Labute approximate surface area is 112 Å². The van der Waals surface area contributed by atoms with Crippen LogP contribution < -0.4 is 9.47 Å². The Hall–Kier alpha value is -1.75. The molecule has 0 unspecified atom stereocenters. The quantitative estimate of drug-likeness (QED) is 0.741.